The van der Waals surface area contributed by atoms with Gasteiger partial charge in [0.15, 0.2) is 0 Å². The standard InChI is InChI=1S/C30H39N3.ClH/c1-21-5-4-6-23(17-21)26(13-16-32-14-11-25(31)12-15-32)28-20-33(29-8-3-2-7-27(28)29)30-19-22-9-10-24(30)18-22;/h2-8,17,20,22,24-26,30H,9-16,18-19,31H2,1H3;1H. The molecule has 6 rings (SSSR count). The first-order chi connectivity index (χ1) is 16.2. The largest absolute Gasteiger partial charge is 0.344 e. The van der Waals surface area contributed by atoms with E-state index in [4.69, 9.17) is 5.73 Å². The lowest BCUT2D eigenvalue weighted by Gasteiger charge is -2.31. The Bertz CT molecular complexity index is 1110. The third kappa shape index (κ3) is 4.55. The van der Waals surface area contributed by atoms with Crippen molar-refractivity contribution in [2.75, 3.05) is 19.6 Å². The van der Waals surface area contributed by atoms with E-state index in [1.807, 2.05) is 0 Å². The van der Waals surface area contributed by atoms with Crippen molar-refractivity contribution >= 4 is 23.3 Å². The second kappa shape index (κ2) is 10.0. The first-order valence-electron chi connectivity index (χ1n) is 13.3. The molecule has 3 fully saturated rings. The SMILES string of the molecule is Cc1cccc(C(CCN2CCC(N)CC2)c2cn(C3CC4CCC3C4)c3ccccc23)c1.Cl. The van der Waals surface area contributed by atoms with Crippen LogP contribution in [0.25, 0.3) is 10.9 Å². The molecule has 2 aromatic carbocycles. The molecule has 182 valence electrons. The molecule has 2 heterocycles. The van der Waals surface area contributed by atoms with E-state index in [-0.39, 0.29) is 12.4 Å². The van der Waals surface area contributed by atoms with Gasteiger partial charge in [0.25, 0.3) is 0 Å². The Balaban J connectivity index is 0.00000241. The van der Waals surface area contributed by atoms with Gasteiger partial charge in [-0.2, -0.15) is 0 Å². The Kier molecular flexibility index (Phi) is 7.07. The number of aromatic nitrogens is 1. The third-order valence-electron chi connectivity index (χ3n) is 9.02. The van der Waals surface area contributed by atoms with Gasteiger partial charge in [0.05, 0.1) is 0 Å². The normalized spacial score (nSPS) is 26.1. The van der Waals surface area contributed by atoms with Crippen LogP contribution in [0, 0.1) is 18.8 Å². The maximum Gasteiger partial charge on any atom is 0.0486 e. The maximum absolute atomic E-state index is 6.17. The van der Waals surface area contributed by atoms with E-state index in [2.05, 4.69) is 71.1 Å². The van der Waals surface area contributed by atoms with Gasteiger partial charge < -0.3 is 15.2 Å². The summed E-state index contributed by atoms with van der Waals surface area (Å²) in [5, 5.41) is 1.47. The van der Waals surface area contributed by atoms with Crippen molar-refractivity contribution in [3.8, 4) is 0 Å². The summed E-state index contributed by atoms with van der Waals surface area (Å²) in [6.07, 6.45) is 11.7. The molecule has 1 aromatic heterocycles. The number of piperidine rings is 1. The van der Waals surface area contributed by atoms with Crippen LogP contribution in [0.3, 0.4) is 0 Å². The molecule has 0 radical (unpaired) electrons. The van der Waals surface area contributed by atoms with Crippen LogP contribution in [0.5, 0.6) is 0 Å². The number of hydrogen-bond donors (Lipinski definition) is 1. The van der Waals surface area contributed by atoms with Crippen molar-refractivity contribution in [3.63, 3.8) is 0 Å². The fraction of sp³-hybridized carbons (Fsp3) is 0.533. The van der Waals surface area contributed by atoms with Crippen molar-refractivity contribution in [1.29, 1.82) is 0 Å². The molecular formula is C30H40ClN3. The van der Waals surface area contributed by atoms with E-state index in [0.717, 1.165) is 44.3 Å². The molecule has 3 nitrogen and oxygen atoms in total. The van der Waals surface area contributed by atoms with Crippen molar-refractivity contribution < 1.29 is 0 Å². The van der Waals surface area contributed by atoms with Gasteiger partial charge in [0.1, 0.15) is 0 Å². The molecule has 1 saturated heterocycles. The lowest BCUT2D eigenvalue weighted by molar-refractivity contribution is 0.208. The molecular weight excluding hydrogens is 438 g/mol. The second-order valence-electron chi connectivity index (χ2n) is 11.2. The van der Waals surface area contributed by atoms with E-state index >= 15 is 0 Å². The molecule has 1 aliphatic heterocycles. The smallest absolute Gasteiger partial charge is 0.0486 e. The van der Waals surface area contributed by atoms with Crippen molar-refractivity contribution in [1.82, 2.24) is 9.47 Å². The van der Waals surface area contributed by atoms with E-state index in [0.29, 0.717) is 18.0 Å². The van der Waals surface area contributed by atoms with Crippen LogP contribution in [0.2, 0.25) is 0 Å². The maximum atomic E-state index is 6.17. The summed E-state index contributed by atoms with van der Waals surface area (Å²) >= 11 is 0. The molecule has 3 aliphatic rings. The van der Waals surface area contributed by atoms with Gasteiger partial charge in [-0.1, -0.05) is 54.4 Å². The highest BCUT2D eigenvalue weighted by atomic mass is 35.5. The zero-order valence-corrected chi connectivity index (χ0v) is 21.4. The summed E-state index contributed by atoms with van der Waals surface area (Å²) in [6.45, 7) is 5.67. The van der Waals surface area contributed by atoms with E-state index in [9.17, 15) is 0 Å². The van der Waals surface area contributed by atoms with Gasteiger partial charge in [-0.25, -0.2) is 0 Å². The number of para-hydroxylation sites is 1. The number of nitrogens with two attached hydrogens (primary N) is 1. The summed E-state index contributed by atoms with van der Waals surface area (Å²) in [7, 11) is 0. The molecule has 4 unspecified atom stereocenters. The van der Waals surface area contributed by atoms with Gasteiger partial charge in [-0.3, -0.25) is 0 Å². The molecule has 2 bridgehead atoms. The Morgan fingerprint density at radius 3 is 2.53 bits per heavy atom. The highest BCUT2D eigenvalue weighted by Crippen LogP contribution is 2.52. The predicted molar refractivity (Wildman–Crippen MR) is 145 cm³/mol. The number of fused-ring (bicyclic) bond motifs is 3. The van der Waals surface area contributed by atoms with Crippen LogP contribution < -0.4 is 5.73 Å². The van der Waals surface area contributed by atoms with E-state index < -0.39 is 0 Å². The van der Waals surface area contributed by atoms with Gasteiger partial charge in [0, 0.05) is 35.1 Å². The summed E-state index contributed by atoms with van der Waals surface area (Å²) in [4.78, 5) is 2.64. The molecule has 2 N–H and O–H groups in total. The fourth-order valence-corrected chi connectivity index (χ4v) is 7.21. The number of rotatable bonds is 6. The number of benzene rings is 2. The zero-order valence-electron chi connectivity index (χ0n) is 20.5. The van der Waals surface area contributed by atoms with Crippen LogP contribution in [0.1, 0.15) is 73.6 Å². The number of aryl methyl sites for hydroxylation is 1. The average Bonchev–Trinajstić information content (AvgIpc) is 3.55. The van der Waals surface area contributed by atoms with Crippen LogP contribution in [0.15, 0.2) is 54.7 Å². The lowest BCUT2D eigenvalue weighted by Crippen LogP contribution is -2.40. The molecule has 4 atom stereocenters. The number of nitrogens with zero attached hydrogens (tertiary/aromatic N) is 2. The molecule has 34 heavy (non-hydrogen) atoms. The first-order valence-corrected chi connectivity index (χ1v) is 13.3. The highest BCUT2D eigenvalue weighted by Gasteiger charge is 2.41. The minimum absolute atomic E-state index is 0. The average molecular weight is 478 g/mol. The lowest BCUT2D eigenvalue weighted by atomic mass is 9.87. The summed E-state index contributed by atoms with van der Waals surface area (Å²) < 4.78 is 2.69. The molecule has 2 saturated carbocycles. The Morgan fingerprint density at radius 2 is 1.79 bits per heavy atom. The van der Waals surface area contributed by atoms with Crippen molar-refractivity contribution in [2.24, 2.45) is 17.6 Å². The monoisotopic (exact) mass is 477 g/mol. The highest BCUT2D eigenvalue weighted by molar-refractivity contribution is 5.85. The summed E-state index contributed by atoms with van der Waals surface area (Å²) in [5.74, 6) is 2.28. The van der Waals surface area contributed by atoms with Crippen LogP contribution >= 0.6 is 12.4 Å². The topological polar surface area (TPSA) is 34.2 Å². The van der Waals surface area contributed by atoms with Gasteiger partial charge in [-0.05, 0) is 94.1 Å². The number of likely N-dealkylation sites (tertiary alicyclic amines) is 1. The molecule has 4 heteroatoms. The molecule has 3 aromatic rings. The predicted octanol–water partition coefficient (Wildman–Crippen LogP) is 6.68. The fourth-order valence-electron chi connectivity index (χ4n) is 7.21. The van der Waals surface area contributed by atoms with Gasteiger partial charge in [0.2, 0.25) is 0 Å². The number of halogens is 1. The Labute approximate surface area is 211 Å². The first kappa shape index (κ1) is 23.9. The van der Waals surface area contributed by atoms with Gasteiger partial charge in [-0.15, -0.1) is 12.4 Å². The van der Waals surface area contributed by atoms with Crippen LogP contribution in [0.4, 0.5) is 0 Å². The van der Waals surface area contributed by atoms with Gasteiger partial charge >= 0.3 is 0 Å². The Morgan fingerprint density at radius 1 is 0.971 bits per heavy atom. The zero-order chi connectivity index (χ0) is 22.4. The third-order valence-corrected chi connectivity index (χ3v) is 9.02. The van der Waals surface area contributed by atoms with Crippen molar-refractivity contribution in [2.45, 2.75) is 69.9 Å². The molecule has 0 amide bonds. The Hall–Kier alpha value is -1.81. The minimum Gasteiger partial charge on any atom is -0.344 e. The molecule has 0 spiro atoms. The summed E-state index contributed by atoms with van der Waals surface area (Å²) in [6, 6.07) is 19.5. The number of hydrogen-bond acceptors (Lipinski definition) is 2. The van der Waals surface area contributed by atoms with E-state index in [1.165, 1.54) is 59.7 Å². The van der Waals surface area contributed by atoms with Crippen LogP contribution in [-0.4, -0.2) is 35.1 Å². The van der Waals surface area contributed by atoms with Crippen LogP contribution in [-0.2, 0) is 0 Å². The second-order valence-corrected chi connectivity index (χ2v) is 11.2. The van der Waals surface area contributed by atoms with Crippen molar-refractivity contribution in [3.05, 3.63) is 71.4 Å². The summed E-state index contributed by atoms with van der Waals surface area (Å²) in [5.41, 5.74) is 12.0. The quantitative estimate of drug-likeness (QED) is 0.429. The van der Waals surface area contributed by atoms with E-state index in [1.54, 1.807) is 0 Å². The minimum atomic E-state index is 0. The molecule has 2 aliphatic carbocycles.